The van der Waals surface area contributed by atoms with E-state index in [9.17, 15) is 4.79 Å². The highest BCUT2D eigenvalue weighted by atomic mass is 32.1. The van der Waals surface area contributed by atoms with E-state index in [2.05, 4.69) is 41.3 Å². The Morgan fingerprint density at radius 2 is 2.00 bits per heavy atom. The number of amides is 2. The van der Waals surface area contributed by atoms with E-state index in [0.29, 0.717) is 0 Å². The Kier molecular flexibility index (Phi) is 4.78. The number of thiazole rings is 1. The number of piperidine rings is 1. The van der Waals surface area contributed by atoms with Crippen molar-refractivity contribution in [1.29, 1.82) is 0 Å². The van der Waals surface area contributed by atoms with Gasteiger partial charge in [-0.05, 0) is 58.7 Å². The van der Waals surface area contributed by atoms with E-state index >= 15 is 0 Å². The average Bonchev–Trinajstić information content (AvgIpc) is 2.86. The molecule has 0 bridgehead atoms. The van der Waals surface area contributed by atoms with Crippen LogP contribution in [0.3, 0.4) is 0 Å². The molecule has 1 aliphatic heterocycles. The Balaban J connectivity index is 1.54. The topological polar surface area (TPSA) is 57.3 Å². The van der Waals surface area contributed by atoms with Gasteiger partial charge in [0.1, 0.15) is 0 Å². The molecule has 1 aliphatic rings. The molecular formula is C18H26N4OS. The van der Waals surface area contributed by atoms with Gasteiger partial charge in [-0.2, -0.15) is 0 Å². The lowest BCUT2D eigenvalue weighted by atomic mass is 9.98. The van der Waals surface area contributed by atoms with Crippen LogP contribution in [-0.4, -0.2) is 40.6 Å². The third-order valence-electron chi connectivity index (χ3n) is 4.53. The van der Waals surface area contributed by atoms with Gasteiger partial charge in [0.05, 0.1) is 15.2 Å². The van der Waals surface area contributed by atoms with Crippen LogP contribution in [0.15, 0.2) is 18.2 Å². The van der Waals surface area contributed by atoms with Crippen molar-refractivity contribution in [2.24, 2.45) is 0 Å². The fraction of sp³-hybridized carbons (Fsp3) is 0.556. The highest BCUT2D eigenvalue weighted by molar-refractivity contribution is 7.18. The number of carbonyl (C=O) groups is 1. The third kappa shape index (κ3) is 4.05. The Labute approximate surface area is 147 Å². The summed E-state index contributed by atoms with van der Waals surface area (Å²) in [6, 6.07) is 5.98. The standard InChI is InChI=1S/C18H26N4OS/c1-12-19-15-6-5-14(11-16(15)24-12)21-17(23)20-13-7-9-22(10-8-13)18(2,3)4/h5-6,11,13H,7-10H2,1-4H3,(H2,20,21,23). The molecule has 3 rings (SSSR count). The first-order valence-corrected chi connectivity index (χ1v) is 9.33. The summed E-state index contributed by atoms with van der Waals surface area (Å²) in [5, 5.41) is 7.09. The number of rotatable bonds is 2. The Bertz CT molecular complexity index is 726. The summed E-state index contributed by atoms with van der Waals surface area (Å²) in [6.07, 6.45) is 2.00. The van der Waals surface area contributed by atoms with Crippen LogP contribution in [0.1, 0.15) is 38.6 Å². The van der Waals surface area contributed by atoms with E-state index < -0.39 is 0 Å². The monoisotopic (exact) mass is 346 g/mol. The molecule has 0 aliphatic carbocycles. The van der Waals surface area contributed by atoms with Gasteiger partial charge < -0.3 is 10.6 Å². The number of hydrogen-bond donors (Lipinski definition) is 2. The molecule has 5 nitrogen and oxygen atoms in total. The highest BCUT2D eigenvalue weighted by Crippen LogP contribution is 2.25. The molecule has 6 heteroatoms. The Morgan fingerprint density at radius 1 is 1.29 bits per heavy atom. The molecule has 1 aromatic heterocycles. The zero-order valence-corrected chi connectivity index (χ0v) is 15.7. The number of urea groups is 1. The zero-order chi connectivity index (χ0) is 17.3. The lowest BCUT2D eigenvalue weighted by Crippen LogP contribution is -2.51. The van der Waals surface area contributed by atoms with Crippen LogP contribution < -0.4 is 10.6 Å². The van der Waals surface area contributed by atoms with E-state index in [1.165, 1.54) is 0 Å². The summed E-state index contributed by atoms with van der Waals surface area (Å²) >= 11 is 1.64. The molecule has 24 heavy (non-hydrogen) atoms. The molecule has 2 amide bonds. The lowest BCUT2D eigenvalue weighted by Gasteiger charge is -2.40. The first-order valence-electron chi connectivity index (χ1n) is 8.51. The van der Waals surface area contributed by atoms with Crippen molar-refractivity contribution in [3.8, 4) is 0 Å². The number of aryl methyl sites for hydroxylation is 1. The summed E-state index contributed by atoms with van der Waals surface area (Å²) in [5.41, 5.74) is 2.00. The summed E-state index contributed by atoms with van der Waals surface area (Å²) < 4.78 is 1.10. The predicted molar refractivity (Wildman–Crippen MR) is 101 cm³/mol. The van der Waals surface area contributed by atoms with Gasteiger partial charge in [0.25, 0.3) is 0 Å². The number of carbonyl (C=O) groups excluding carboxylic acids is 1. The normalized spacial score (nSPS) is 17.2. The molecule has 0 radical (unpaired) electrons. The SMILES string of the molecule is Cc1nc2ccc(NC(=O)NC3CCN(C(C)(C)C)CC3)cc2s1. The maximum Gasteiger partial charge on any atom is 0.319 e. The molecule has 1 aromatic carbocycles. The molecule has 0 atom stereocenters. The number of fused-ring (bicyclic) bond motifs is 1. The highest BCUT2D eigenvalue weighted by Gasteiger charge is 2.27. The molecule has 2 heterocycles. The van der Waals surface area contributed by atoms with E-state index in [1.54, 1.807) is 11.3 Å². The van der Waals surface area contributed by atoms with Gasteiger partial charge in [0.15, 0.2) is 0 Å². The minimum Gasteiger partial charge on any atom is -0.335 e. The predicted octanol–water partition coefficient (Wildman–Crippen LogP) is 3.99. The second-order valence-electron chi connectivity index (χ2n) is 7.45. The summed E-state index contributed by atoms with van der Waals surface area (Å²) in [6.45, 7) is 10.8. The summed E-state index contributed by atoms with van der Waals surface area (Å²) in [7, 11) is 0. The second-order valence-corrected chi connectivity index (χ2v) is 8.68. The number of aromatic nitrogens is 1. The lowest BCUT2D eigenvalue weighted by molar-refractivity contribution is 0.0983. The number of anilines is 1. The molecule has 2 aromatic rings. The first kappa shape index (κ1) is 17.2. The number of likely N-dealkylation sites (tertiary alicyclic amines) is 1. The number of nitrogens with zero attached hydrogens (tertiary/aromatic N) is 2. The number of nitrogens with one attached hydrogen (secondary N) is 2. The molecule has 1 saturated heterocycles. The Morgan fingerprint density at radius 3 is 2.67 bits per heavy atom. The molecular weight excluding hydrogens is 320 g/mol. The first-order chi connectivity index (χ1) is 11.3. The molecule has 130 valence electrons. The van der Waals surface area contributed by atoms with Gasteiger partial charge >= 0.3 is 6.03 Å². The van der Waals surface area contributed by atoms with Crippen LogP contribution in [0, 0.1) is 6.92 Å². The molecule has 0 saturated carbocycles. The van der Waals surface area contributed by atoms with Gasteiger partial charge in [-0.15, -0.1) is 11.3 Å². The van der Waals surface area contributed by atoms with Crippen LogP contribution in [0.5, 0.6) is 0 Å². The van der Waals surface area contributed by atoms with Crippen molar-refractivity contribution in [2.45, 2.75) is 52.1 Å². The van der Waals surface area contributed by atoms with Gasteiger partial charge in [-0.3, -0.25) is 4.90 Å². The maximum atomic E-state index is 12.3. The van der Waals surface area contributed by atoms with Gasteiger partial charge in [-0.1, -0.05) is 0 Å². The van der Waals surface area contributed by atoms with Crippen molar-refractivity contribution < 1.29 is 4.79 Å². The molecule has 0 unspecified atom stereocenters. The van der Waals surface area contributed by atoms with E-state index in [0.717, 1.165) is 46.8 Å². The quantitative estimate of drug-likeness (QED) is 0.864. The van der Waals surface area contributed by atoms with Crippen molar-refractivity contribution in [3.63, 3.8) is 0 Å². The number of hydrogen-bond acceptors (Lipinski definition) is 4. The van der Waals surface area contributed by atoms with Gasteiger partial charge in [0.2, 0.25) is 0 Å². The smallest absolute Gasteiger partial charge is 0.319 e. The largest absolute Gasteiger partial charge is 0.335 e. The molecule has 2 N–H and O–H groups in total. The van der Waals surface area contributed by atoms with E-state index in [-0.39, 0.29) is 17.6 Å². The molecule has 0 spiro atoms. The number of benzene rings is 1. The fourth-order valence-electron chi connectivity index (χ4n) is 3.16. The maximum absolute atomic E-state index is 12.3. The minimum atomic E-state index is -0.121. The zero-order valence-electron chi connectivity index (χ0n) is 14.8. The van der Waals surface area contributed by atoms with Crippen molar-refractivity contribution in [1.82, 2.24) is 15.2 Å². The van der Waals surface area contributed by atoms with E-state index in [1.807, 2.05) is 25.1 Å². The van der Waals surface area contributed by atoms with Crippen LogP contribution >= 0.6 is 11.3 Å². The van der Waals surface area contributed by atoms with Crippen molar-refractivity contribution in [2.75, 3.05) is 18.4 Å². The molecule has 1 fully saturated rings. The van der Waals surface area contributed by atoms with Crippen molar-refractivity contribution >= 4 is 33.3 Å². The van der Waals surface area contributed by atoms with Gasteiger partial charge in [-0.25, -0.2) is 9.78 Å². The second kappa shape index (κ2) is 6.69. The third-order valence-corrected chi connectivity index (χ3v) is 5.47. The Hall–Kier alpha value is -1.66. The fourth-order valence-corrected chi connectivity index (χ4v) is 4.03. The summed E-state index contributed by atoms with van der Waals surface area (Å²) in [4.78, 5) is 19.2. The summed E-state index contributed by atoms with van der Waals surface area (Å²) in [5.74, 6) is 0. The van der Waals surface area contributed by atoms with Crippen LogP contribution in [0.2, 0.25) is 0 Å². The van der Waals surface area contributed by atoms with E-state index in [4.69, 9.17) is 0 Å². The van der Waals surface area contributed by atoms with Crippen LogP contribution in [0.4, 0.5) is 10.5 Å². The minimum absolute atomic E-state index is 0.121. The van der Waals surface area contributed by atoms with Crippen LogP contribution in [-0.2, 0) is 0 Å². The van der Waals surface area contributed by atoms with Gasteiger partial charge in [0, 0.05) is 30.4 Å². The average molecular weight is 347 g/mol. The van der Waals surface area contributed by atoms with Crippen molar-refractivity contribution in [3.05, 3.63) is 23.2 Å². The van der Waals surface area contributed by atoms with Crippen LogP contribution in [0.25, 0.3) is 10.2 Å².